The van der Waals surface area contributed by atoms with Gasteiger partial charge in [0.05, 0.1) is 7.11 Å². The van der Waals surface area contributed by atoms with Gasteiger partial charge in [-0.15, -0.1) is 0 Å². The van der Waals surface area contributed by atoms with Crippen LogP contribution in [0.3, 0.4) is 0 Å². The quantitative estimate of drug-likeness (QED) is 0.913. The number of carbonyl (C=O) groups is 1. The third-order valence-corrected chi connectivity index (χ3v) is 2.79. The number of nitrogens with zero attached hydrogens (tertiary/aromatic N) is 2. The number of pyridine rings is 1. The molecule has 1 aromatic heterocycles. The normalized spacial score (nSPS) is 10.0. The molecule has 1 heterocycles. The summed E-state index contributed by atoms with van der Waals surface area (Å²) in [5.41, 5.74) is 1.00. The molecule has 5 nitrogen and oxygen atoms in total. The largest absolute Gasteiger partial charge is 0.497 e. The molecule has 0 atom stereocenters. The van der Waals surface area contributed by atoms with E-state index in [1.54, 1.807) is 31.3 Å². The van der Waals surface area contributed by atoms with Crippen LogP contribution in [0.15, 0.2) is 42.6 Å². The number of hydrogen-bond donors (Lipinski definition) is 1. The van der Waals surface area contributed by atoms with E-state index in [1.807, 2.05) is 24.3 Å². The summed E-state index contributed by atoms with van der Waals surface area (Å²) in [4.78, 5) is 17.0. The second-order valence-corrected chi connectivity index (χ2v) is 3.94. The van der Waals surface area contributed by atoms with Gasteiger partial charge in [-0.25, -0.2) is 9.78 Å². The van der Waals surface area contributed by atoms with Gasteiger partial charge in [-0.2, -0.15) is 0 Å². The van der Waals surface area contributed by atoms with Crippen LogP contribution in [0.1, 0.15) is 10.4 Å². The Morgan fingerprint density at radius 2 is 1.95 bits per heavy atom. The number of rotatable bonds is 4. The van der Waals surface area contributed by atoms with E-state index in [2.05, 4.69) is 4.98 Å². The lowest BCUT2D eigenvalue weighted by Gasteiger charge is -2.20. The van der Waals surface area contributed by atoms with E-state index in [0.29, 0.717) is 5.82 Å². The summed E-state index contributed by atoms with van der Waals surface area (Å²) >= 11 is 0. The highest BCUT2D eigenvalue weighted by atomic mass is 16.5. The smallest absolute Gasteiger partial charge is 0.339 e. The average Bonchev–Trinajstić information content (AvgIpc) is 2.46. The number of methoxy groups -OCH3 is 1. The Kier molecular flexibility index (Phi) is 3.66. The van der Waals surface area contributed by atoms with Crippen molar-refractivity contribution in [2.24, 2.45) is 0 Å². The third-order valence-electron chi connectivity index (χ3n) is 2.79. The van der Waals surface area contributed by atoms with Gasteiger partial charge in [-0.05, 0) is 36.4 Å². The highest BCUT2D eigenvalue weighted by Gasteiger charge is 2.15. The molecular weight excluding hydrogens is 244 g/mol. The summed E-state index contributed by atoms with van der Waals surface area (Å²) < 4.78 is 5.09. The molecular formula is C14H14N2O3. The topological polar surface area (TPSA) is 62.7 Å². The van der Waals surface area contributed by atoms with Crippen molar-refractivity contribution in [3.63, 3.8) is 0 Å². The summed E-state index contributed by atoms with van der Waals surface area (Å²) in [5, 5.41) is 9.16. The molecule has 0 bridgehead atoms. The molecule has 98 valence electrons. The van der Waals surface area contributed by atoms with Crippen molar-refractivity contribution in [3.8, 4) is 5.75 Å². The number of aromatic carboxylic acids is 1. The standard InChI is InChI=1S/C14H14N2O3/c1-16(10-5-7-11(19-2)8-6-10)13-12(14(17)18)4-3-9-15-13/h3-9H,1-2H3,(H,17,18). The monoisotopic (exact) mass is 258 g/mol. The number of benzene rings is 1. The SMILES string of the molecule is COc1ccc(N(C)c2ncccc2C(=O)O)cc1. The maximum absolute atomic E-state index is 11.2. The molecule has 1 N–H and O–H groups in total. The molecule has 1 aromatic carbocycles. The molecule has 2 aromatic rings. The first-order valence-corrected chi connectivity index (χ1v) is 5.69. The summed E-state index contributed by atoms with van der Waals surface area (Å²) in [6.45, 7) is 0. The highest BCUT2D eigenvalue weighted by molar-refractivity contribution is 5.94. The van der Waals surface area contributed by atoms with Crippen LogP contribution in [0.25, 0.3) is 0 Å². The molecule has 5 heteroatoms. The highest BCUT2D eigenvalue weighted by Crippen LogP contribution is 2.26. The molecule has 0 aliphatic carbocycles. The van der Waals surface area contributed by atoms with E-state index in [-0.39, 0.29) is 5.56 Å². The van der Waals surface area contributed by atoms with Crippen LogP contribution in [-0.4, -0.2) is 30.2 Å². The van der Waals surface area contributed by atoms with Crippen LogP contribution >= 0.6 is 0 Å². The van der Waals surface area contributed by atoms with Gasteiger partial charge in [-0.1, -0.05) is 0 Å². The first-order chi connectivity index (χ1) is 9.13. The van der Waals surface area contributed by atoms with E-state index in [9.17, 15) is 4.79 Å². The lowest BCUT2D eigenvalue weighted by molar-refractivity contribution is 0.0697. The maximum atomic E-state index is 11.2. The number of hydrogen-bond acceptors (Lipinski definition) is 4. The van der Waals surface area contributed by atoms with Crippen molar-refractivity contribution in [1.29, 1.82) is 0 Å². The minimum Gasteiger partial charge on any atom is -0.497 e. The van der Waals surface area contributed by atoms with E-state index in [0.717, 1.165) is 11.4 Å². The van der Waals surface area contributed by atoms with Crippen LogP contribution in [0.5, 0.6) is 5.75 Å². The molecule has 0 aliphatic rings. The van der Waals surface area contributed by atoms with Crippen LogP contribution in [-0.2, 0) is 0 Å². The number of carboxylic acids is 1. The Morgan fingerprint density at radius 3 is 2.53 bits per heavy atom. The number of anilines is 2. The van der Waals surface area contributed by atoms with Crippen molar-refractivity contribution in [2.75, 3.05) is 19.1 Å². The fraction of sp³-hybridized carbons (Fsp3) is 0.143. The molecule has 0 saturated heterocycles. The molecule has 0 unspecified atom stereocenters. The second-order valence-electron chi connectivity index (χ2n) is 3.94. The fourth-order valence-electron chi connectivity index (χ4n) is 1.76. The molecule has 0 spiro atoms. The lowest BCUT2D eigenvalue weighted by atomic mass is 10.2. The van der Waals surface area contributed by atoms with E-state index in [1.165, 1.54) is 6.07 Å². The average molecular weight is 258 g/mol. The van der Waals surface area contributed by atoms with Crippen molar-refractivity contribution >= 4 is 17.5 Å². The van der Waals surface area contributed by atoms with Gasteiger partial charge in [0.25, 0.3) is 0 Å². The van der Waals surface area contributed by atoms with Gasteiger partial charge >= 0.3 is 5.97 Å². The summed E-state index contributed by atoms with van der Waals surface area (Å²) in [6, 6.07) is 10.5. The second kappa shape index (κ2) is 5.39. The Labute approximate surface area is 111 Å². The predicted molar refractivity (Wildman–Crippen MR) is 72.3 cm³/mol. The van der Waals surface area contributed by atoms with E-state index < -0.39 is 5.97 Å². The van der Waals surface area contributed by atoms with Gasteiger partial charge in [0.15, 0.2) is 0 Å². The lowest BCUT2D eigenvalue weighted by Crippen LogP contribution is -2.15. The zero-order chi connectivity index (χ0) is 13.8. The zero-order valence-electron chi connectivity index (χ0n) is 10.7. The number of aromatic nitrogens is 1. The minimum absolute atomic E-state index is 0.167. The molecule has 2 rings (SSSR count). The van der Waals surface area contributed by atoms with Crippen LogP contribution in [0, 0.1) is 0 Å². The first kappa shape index (κ1) is 12.9. The van der Waals surface area contributed by atoms with Gasteiger partial charge in [0.2, 0.25) is 0 Å². The van der Waals surface area contributed by atoms with Gasteiger partial charge in [0.1, 0.15) is 17.1 Å². The van der Waals surface area contributed by atoms with Crippen LogP contribution in [0.2, 0.25) is 0 Å². The Bertz CT molecular complexity index is 581. The van der Waals surface area contributed by atoms with Crippen LogP contribution in [0.4, 0.5) is 11.5 Å². The van der Waals surface area contributed by atoms with Crippen molar-refractivity contribution in [2.45, 2.75) is 0 Å². The van der Waals surface area contributed by atoms with E-state index >= 15 is 0 Å². The van der Waals surface area contributed by atoms with Gasteiger partial charge in [-0.3, -0.25) is 0 Å². The number of ether oxygens (including phenoxy) is 1. The first-order valence-electron chi connectivity index (χ1n) is 5.69. The van der Waals surface area contributed by atoms with Crippen LogP contribution < -0.4 is 9.64 Å². The Morgan fingerprint density at radius 1 is 1.26 bits per heavy atom. The fourth-order valence-corrected chi connectivity index (χ4v) is 1.76. The van der Waals surface area contributed by atoms with Gasteiger partial charge in [0, 0.05) is 18.9 Å². The third kappa shape index (κ3) is 2.65. The van der Waals surface area contributed by atoms with Crippen molar-refractivity contribution in [1.82, 2.24) is 4.98 Å². The molecule has 0 saturated carbocycles. The summed E-state index contributed by atoms with van der Waals surface area (Å²) in [6.07, 6.45) is 1.57. The molecule has 0 aliphatic heterocycles. The number of carboxylic acid groups (broad SMARTS) is 1. The van der Waals surface area contributed by atoms with Gasteiger partial charge < -0.3 is 14.7 Å². The Balaban J connectivity index is 2.37. The Hall–Kier alpha value is -2.56. The minimum atomic E-state index is -0.997. The predicted octanol–water partition coefficient (Wildman–Crippen LogP) is 2.56. The maximum Gasteiger partial charge on any atom is 0.339 e. The van der Waals surface area contributed by atoms with Crippen molar-refractivity contribution in [3.05, 3.63) is 48.2 Å². The summed E-state index contributed by atoms with van der Waals surface area (Å²) in [7, 11) is 3.37. The molecule has 0 radical (unpaired) electrons. The van der Waals surface area contributed by atoms with E-state index in [4.69, 9.17) is 9.84 Å². The zero-order valence-corrected chi connectivity index (χ0v) is 10.7. The molecule has 0 amide bonds. The molecule has 0 fully saturated rings. The summed E-state index contributed by atoms with van der Waals surface area (Å²) in [5.74, 6) is 0.153. The molecule has 19 heavy (non-hydrogen) atoms. The van der Waals surface area contributed by atoms with Crippen molar-refractivity contribution < 1.29 is 14.6 Å².